The van der Waals surface area contributed by atoms with Crippen molar-refractivity contribution in [3.8, 4) is 11.1 Å². The molecule has 1 nitrogen and oxygen atoms in total. The van der Waals surface area contributed by atoms with Gasteiger partial charge in [0, 0.05) is 35.7 Å². The van der Waals surface area contributed by atoms with Gasteiger partial charge in [0.15, 0.2) is 0 Å². The standard InChI is InChI=1S/C15H15Cl2N/c1-18(10-9-16)15-11-13(17)7-8-14(15)12-5-3-2-4-6-12/h2-8,11H,9-10H2,1H3. The normalized spacial score (nSPS) is 10.4. The molecule has 18 heavy (non-hydrogen) atoms. The van der Waals surface area contributed by atoms with Crippen molar-refractivity contribution in [3.05, 3.63) is 53.6 Å². The molecule has 2 aromatic rings. The molecule has 0 amide bonds. The maximum atomic E-state index is 6.09. The number of alkyl halides is 1. The van der Waals surface area contributed by atoms with Gasteiger partial charge in [-0.3, -0.25) is 0 Å². The fourth-order valence-electron chi connectivity index (χ4n) is 1.93. The monoisotopic (exact) mass is 279 g/mol. The summed E-state index contributed by atoms with van der Waals surface area (Å²) in [5.41, 5.74) is 3.47. The molecule has 0 aliphatic carbocycles. The van der Waals surface area contributed by atoms with E-state index in [1.807, 2.05) is 37.4 Å². The van der Waals surface area contributed by atoms with E-state index in [4.69, 9.17) is 23.2 Å². The Morgan fingerprint density at radius 2 is 1.78 bits per heavy atom. The van der Waals surface area contributed by atoms with Crippen LogP contribution in [0.3, 0.4) is 0 Å². The molecule has 0 aliphatic heterocycles. The first kappa shape index (κ1) is 13.3. The van der Waals surface area contributed by atoms with Crippen LogP contribution in [0.4, 0.5) is 5.69 Å². The van der Waals surface area contributed by atoms with Crippen LogP contribution < -0.4 is 4.90 Å². The van der Waals surface area contributed by atoms with Gasteiger partial charge in [0.1, 0.15) is 0 Å². The molecule has 0 heterocycles. The van der Waals surface area contributed by atoms with Crippen molar-refractivity contribution in [3.63, 3.8) is 0 Å². The van der Waals surface area contributed by atoms with Gasteiger partial charge in [-0.25, -0.2) is 0 Å². The molecule has 0 radical (unpaired) electrons. The lowest BCUT2D eigenvalue weighted by atomic mass is 10.0. The van der Waals surface area contributed by atoms with Crippen molar-refractivity contribution >= 4 is 28.9 Å². The molecular weight excluding hydrogens is 265 g/mol. The first-order valence-corrected chi connectivity index (χ1v) is 6.75. The summed E-state index contributed by atoms with van der Waals surface area (Å²) in [6.45, 7) is 0.793. The van der Waals surface area contributed by atoms with Crippen molar-refractivity contribution in [2.24, 2.45) is 0 Å². The van der Waals surface area contributed by atoms with E-state index in [0.29, 0.717) is 5.88 Å². The topological polar surface area (TPSA) is 3.24 Å². The molecule has 2 aromatic carbocycles. The Morgan fingerprint density at radius 3 is 2.44 bits per heavy atom. The summed E-state index contributed by atoms with van der Waals surface area (Å²) < 4.78 is 0. The van der Waals surface area contributed by atoms with Gasteiger partial charge < -0.3 is 4.90 Å². The molecule has 0 N–H and O–H groups in total. The van der Waals surface area contributed by atoms with Crippen molar-refractivity contribution in [2.75, 3.05) is 24.4 Å². The molecule has 0 saturated carbocycles. The minimum absolute atomic E-state index is 0.594. The zero-order valence-corrected chi connectivity index (χ0v) is 11.7. The third-order valence-electron chi connectivity index (χ3n) is 2.88. The average molecular weight is 280 g/mol. The largest absolute Gasteiger partial charge is 0.373 e. The van der Waals surface area contributed by atoms with E-state index < -0.39 is 0 Å². The number of hydrogen-bond acceptors (Lipinski definition) is 1. The Morgan fingerprint density at radius 1 is 1.06 bits per heavy atom. The van der Waals surface area contributed by atoms with E-state index in [2.05, 4.69) is 23.1 Å². The van der Waals surface area contributed by atoms with Crippen molar-refractivity contribution in [1.29, 1.82) is 0 Å². The third kappa shape index (κ3) is 2.98. The highest BCUT2D eigenvalue weighted by Crippen LogP contribution is 2.32. The van der Waals surface area contributed by atoms with Crippen LogP contribution in [0.5, 0.6) is 0 Å². The number of hydrogen-bond donors (Lipinski definition) is 0. The fourth-order valence-corrected chi connectivity index (χ4v) is 2.35. The Balaban J connectivity index is 2.47. The molecule has 0 aliphatic rings. The van der Waals surface area contributed by atoms with Crippen LogP contribution in [-0.4, -0.2) is 19.5 Å². The summed E-state index contributed by atoms with van der Waals surface area (Å²) in [6, 6.07) is 16.2. The molecule has 3 heteroatoms. The lowest BCUT2D eigenvalue weighted by Crippen LogP contribution is -2.20. The predicted octanol–water partition coefficient (Wildman–Crippen LogP) is 4.68. The summed E-state index contributed by atoms with van der Waals surface area (Å²) in [4.78, 5) is 2.13. The molecule has 0 atom stereocenters. The highest BCUT2D eigenvalue weighted by molar-refractivity contribution is 6.31. The molecule has 0 saturated heterocycles. The van der Waals surface area contributed by atoms with E-state index in [0.717, 1.165) is 17.3 Å². The molecule has 0 unspecified atom stereocenters. The van der Waals surface area contributed by atoms with Crippen LogP contribution >= 0.6 is 23.2 Å². The van der Waals surface area contributed by atoms with Crippen molar-refractivity contribution in [1.82, 2.24) is 0 Å². The quantitative estimate of drug-likeness (QED) is 0.735. The van der Waals surface area contributed by atoms with Crippen LogP contribution in [0.25, 0.3) is 11.1 Å². The maximum Gasteiger partial charge on any atom is 0.0458 e. The smallest absolute Gasteiger partial charge is 0.0458 e. The number of benzene rings is 2. The molecule has 0 bridgehead atoms. The van der Waals surface area contributed by atoms with Gasteiger partial charge in [0.05, 0.1) is 0 Å². The number of rotatable bonds is 4. The van der Waals surface area contributed by atoms with Gasteiger partial charge in [-0.1, -0.05) is 48.0 Å². The second-order valence-electron chi connectivity index (χ2n) is 4.14. The average Bonchev–Trinajstić information content (AvgIpc) is 2.40. The van der Waals surface area contributed by atoms with E-state index >= 15 is 0 Å². The second kappa shape index (κ2) is 6.12. The van der Waals surface area contributed by atoms with E-state index in [1.54, 1.807) is 0 Å². The predicted molar refractivity (Wildman–Crippen MR) is 80.9 cm³/mol. The van der Waals surface area contributed by atoms with Crippen LogP contribution in [0.1, 0.15) is 0 Å². The lowest BCUT2D eigenvalue weighted by Gasteiger charge is -2.22. The molecule has 94 valence electrons. The first-order valence-electron chi connectivity index (χ1n) is 5.84. The van der Waals surface area contributed by atoms with Gasteiger partial charge in [0.2, 0.25) is 0 Å². The van der Waals surface area contributed by atoms with Crippen LogP contribution in [0.2, 0.25) is 5.02 Å². The molecule has 0 spiro atoms. The van der Waals surface area contributed by atoms with Gasteiger partial charge in [-0.05, 0) is 17.7 Å². The van der Waals surface area contributed by atoms with Crippen LogP contribution in [0.15, 0.2) is 48.5 Å². The van der Waals surface area contributed by atoms with Crippen molar-refractivity contribution < 1.29 is 0 Å². The molecule has 0 fully saturated rings. The Labute approximate surface area is 118 Å². The zero-order chi connectivity index (χ0) is 13.0. The summed E-state index contributed by atoms with van der Waals surface area (Å²) in [5, 5.41) is 0.742. The fraction of sp³-hybridized carbons (Fsp3) is 0.200. The first-order chi connectivity index (χ1) is 8.72. The Kier molecular flexibility index (Phi) is 4.51. The second-order valence-corrected chi connectivity index (χ2v) is 4.95. The summed E-state index contributed by atoms with van der Waals surface area (Å²) in [5.74, 6) is 0.594. The van der Waals surface area contributed by atoms with E-state index in [1.165, 1.54) is 11.1 Å². The third-order valence-corrected chi connectivity index (χ3v) is 3.28. The number of nitrogens with zero attached hydrogens (tertiary/aromatic N) is 1. The van der Waals surface area contributed by atoms with Crippen molar-refractivity contribution in [2.45, 2.75) is 0 Å². The Bertz CT molecular complexity index is 511. The minimum atomic E-state index is 0.594. The highest BCUT2D eigenvalue weighted by Gasteiger charge is 2.09. The highest BCUT2D eigenvalue weighted by atomic mass is 35.5. The minimum Gasteiger partial charge on any atom is -0.373 e. The summed E-state index contributed by atoms with van der Waals surface area (Å²) >= 11 is 11.9. The lowest BCUT2D eigenvalue weighted by molar-refractivity contribution is 0.975. The van der Waals surface area contributed by atoms with E-state index in [9.17, 15) is 0 Å². The SMILES string of the molecule is CN(CCCl)c1cc(Cl)ccc1-c1ccccc1. The number of anilines is 1. The summed E-state index contributed by atoms with van der Waals surface area (Å²) in [7, 11) is 2.03. The van der Waals surface area contributed by atoms with Gasteiger partial charge in [-0.2, -0.15) is 0 Å². The zero-order valence-electron chi connectivity index (χ0n) is 10.2. The maximum absolute atomic E-state index is 6.09. The van der Waals surface area contributed by atoms with Crippen LogP contribution in [0, 0.1) is 0 Å². The van der Waals surface area contributed by atoms with Gasteiger partial charge in [0.25, 0.3) is 0 Å². The number of halogens is 2. The van der Waals surface area contributed by atoms with Crippen LogP contribution in [-0.2, 0) is 0 Å². The molecule has 0 aromatic heterocycles. The Hall–Kier alpha value is -1.18. The molecule has 2 rings (SSSR count). The van der Waals surface area contributed by atoms with E-state index in [-0.39, 0.29) is 0 Å². The van der Waals surface area contributed by atoms with Gasteiger partial charge in [-0.15, -0.1) is 11.6 Å². The van der Waals surface area contributed by atoms with Gasteiger partial charge >= 0.3 is 0 Å². The molecular formula is C15H15Cl2N. The summed E-state index contributed by atoms with van der Waals surface area (Å²) in [6.07, 6.45) is 0.